The summed E-state index contributed by atoms with van der Waals surface area (Å²) in [5.74, 6) is 0. The van der Waals surface area contributed by atoms with Crippen molar-refractivity contribution in [2.45, 2.75) is 45.5 Å². The number of pyridine rings is 1. The van der Waals surface area contributed by atoms with Crippen LogP contribution in [0.2, 0.25) is 18.1 Å². The van der Waals surface area contributed by atoms with Gasteiger partial charge in [0.25, 0.3) is 0 Å². The molecule has 0 amide bonds. The Morgan fingerprint density at radius 1 is 1.40 bits per heavy atom. The SMILES string of the molecule is CC(C)(C)[Si](C)(C)OCc1[c]cccn1. The summed E-state index contributed by atoms with van der Waals surface area (Å²) in [4.78, 5) is 4.21. The lowest BCUT2D eigenvalue weighted by molar-refractivity contribution is 0.272. The van der Waals surface area contributed by atoms with Crippen LogP contribution in [0, 0.1) is 6.07 Å². The van der Waals surface area contributed by atoms with Crippen LogP contribution in [0.5, 0.6) is 0 Å². The zero-order valence-electron chi connectivity index (χ0n) is 10.3. The van der Waals surface area contributed by atoms with E-state index in [9.17, 15) is 0 Å². The minimum atomic E-state index is -1.65. The predicted molar refractivity (Wildman–Crippen MR) is 65.1 cm³/mol. The smallest absolute Gasteiger partial charge is 0.192 e. The standard InChI is InChI=1S/C12H20NOSi/c1-12(2,3)15(4,5)14-10-11-8-6-7-9-13-11/h6-7,9H,10H2,1-5H3. The van der Waals surface area contributed by atoms with Gasteiger partial charge in [-0.05, 0) is 24.2 Å². The molecule has 1 heterocycles. The van der Waals surface area contributed by atoms with Crippen LogP contribution in [0.4, 0.5) is 0 Å². The fraction of sp³-hybridized carbons (Fsp3) is 0.583. The second kappa shape index (κ2) is 4.45. The summed E-state index contributed by atoms with van der Waals surface area (Å²) in [6.07, 6.45) is 1.78. The van der Waals surface area contributed by atoms with Crippen LogP contribution in [0.3, 0.4) is 0 Å². The lowest BCUT2D eigenvalue weighted by Gasteiger charge is -2.35. The van der Waals surface area contributed by atoms with Crippen LogP contribution in [-0.2, 0) is 11.0 Å². The highest BCUT2D eigenvalue weighted by Gasteiger charge is 2.37. The summed E-state index contributed by atoms with van der Waals surface area (Å²) >= 11 is 0. The van der Waals surface area contributed by atoms with E-state index in [0.717, 1.165) is 5.69 Å². The molecular weight excluding hydrogens is 202 g/mol. The Bertz CT molecular complexity index is 303. The van der Waals surface area contributed by atoms with Crippen LogP contribution in [0.1, 0.15) is 26.5 Å². The van der Waals surface area contributed by atoms with E-state index >= 15 is 0 Å². The molecule has 0 aliphatic carbocycles. The van der Waals surface area contributed by atoms with E-state index in [2.05, 4.69) is 44.9 Å². The van der Waals surface area contributed by atoms with E-state index < -0.39 is 8.32 Å². The Labute approximate surface area is 93.8 Å². The quantitative estimate of drug-likeness (QED) is 0.731. The highest BCUT2D eigenvalue weighted by Crippen LogP contribution is 2.36. The second-order valence-corrected chi connectivity index (χ2v) is 10.1. The summed E-state index contributed by atoms with van der Waals surface area (Å²) in [6.45, 7) is 11.8. The van der Waals surface area contributed by atoms with Crippen molar-refractivity contribution in [1.82, 2.24) is 4.98 Å². The van der Waals surface area contributed by atoms with Gasteiger partial charge in [0, 0.05) is 12.3 Å². The molecule has 0 aromatic carbocycles. The lowest BCUT2D eigenvalue weighted by atomic mass is 10.2. The number of aromatic nitrogens is 1. The van der Waals surface area contributed by atoms with E-state index in [4.69, 9.17) is 4.43 Å². The lowest BCUT2D eigenvalue weighted by Crippen LogP contribution is -2.40. The number of hydrogen-bond acceptors (Lipinski definition) is 2. The van der Waals surface area contributed by atoms with Gasteiger partial charge >= 0.3 is 0 Å². The zero-order valence-corrected chi connectivity index (χ0v) is 11.3. The van der Waals surface area contributed by atoms with Crippen molar-refractivity contribution in [3.8, 4) is 0 Å². The number of rotatable bonds is 3. The van der Waals surface area contributed by atoms with E-state index in [1.54, 1.807) is 6.20 Å². The van der Waals surface area contributed by atoms with Gasteiger partial charge in [0.2, 0.25) is 0 Å². The minimum absolute atomic E-state index is 0.252. The van der Waals surface area contributed by atoms with Crippen molar-refractivity contribution in [3.05, 3.63) is 30.1 Å². The molecule has 3 heteroatoms. The first-order valence-electron chi connectivity index (χ1n) is 5.28. The summed E-state index contributed by atoms with van der Waals surface area (Å²) < 4.78 is 6.03. The average Bonchev–Trinajstić information content (AvgIpc) is 2.15. The highest BCUT2D eigenvalue weighted by atomic mass is 28.4. The second-order valence-electron chi connectivity index (χ2n) is 5.28. The molecule has 0 aliphatic heterocycles. The van der Waals surface area contributed by atoms with Crippen LogP contribution < -0.4 is 0 Å². The molecule has 83 valence electrons. The maximum atomic E-state index is 6.03. The summed E-state index contributed by atoms with van der Waals surface area (Å²) in [5, 5.41) is 0.252. The minimum Gasteiger partial charge on any atom is -0.411 e. The molecule has 15 heavy (non-hydrogen) atoms. The van der Waals surface area contributed by atoms with E-state index in [-0.39, 0.29) is 5.04 Å². The average molecular weight is 222 g/mol. The molecule has 0 saturated heterocycles. The molecule has 0 N–H and O–H groups in total. The predicted octanol–water partition coefficient (Wildman–Crippen LogP) is 3.40. The van der Waals surface area contributed by atoms with Gasteiger partial charge in [0.1, 0.15) is 0 Å². The van der Waals surface area contributed by atoms with Crippen LogP contribution in [0.15, 0.2) is 18.3 Å². The first kappa shape index (κ1) is 12.4. The molecule has 0 saturated carbocycles. The first-order valence-corrected chi connectivity index (χ1v) is 8.19. The molecule has 0 fully saturated rings. The van der Waals surface area contributed by atoms with Crippen molar-refractivity contribution >= 4 is 8.32 Å². The van der Waals surface area contributed by atoms with E-state index in [0.29, 0.717) is 6.61 Å². The van der Waals surface area contributed by atoms with Crippen LogP contribution in [-0.4, -0.2) is 13.3 Å². The number of nitrogens with zero attached hydrogens (tertiary/aromatic N) is 1. The van der Waals surface area contributed by atoms with Crippen molar-refractivity contribution in [2.75, 3.05) is 0 Å². The third-order valence-electron chi connectivity index (χ3n) is 3.04. The van der Waals surface area contributed by atoms with Gasteiger partial charge < -0.3 is 4.43 Å². The molecule has 0 unspecified atom stereocenters. The number of hydrogen-bond donors (Lipinski definition) is 0. The fourth-order valence-electron chi connectivity index (χ4n) is 0.902. The van der Waals surface area contributed by atoms with Gasteiger partial charge in [-0.25, -0.2) is 0 Å². The van der Waals surface area contributed by atoms with E-state index in [1.807, 2.05) is 12.1 Å². The molecule has 0 atom stereocenters. The molecule has 1 aromatic heterocycles. The largest absolute Gasteiger partial charge is 0.411 e. The van der Waals surface area contributed by atoms with Crippen molar-refractivity contribution in [1.29, 1.82) is 0 Å². The summed E-state index contributed by atoms with van der Waals surface area (Å²) in [5.41, 5.74) is 0.891. The van der Waals surface area contributed by atoms with Gasteiger partial charge in [0.15, 0.2) is 8.32 Å². The first-order chi connectivity index (χ1) is 6.83. The van der Waals surface area contributed by atoms with Gasteiger partial charge in [-0.1, -0.05) is 26.8 Å². The Kier molecular flexibility index (Phi) is 3.68. The van der Waals surface area contributed by atoms with Crippen molar-refractivity contribution in [3.63, 3.8) is 0 Å². The maximum Gasteiger partial charge on any atom is 0.192 e. The summed E-state index contributed by atoms with van der Waals surface area (Å²) in [6, 6.07) is 6.82. The summed E-state index contributed by atoms with van der Waals surface area (Å²) in [7, 11) is -1.65. The highest BCUT2D eigenvalue weighted by molar-refractivity contribution is 6.74. The topological polar surface area (TPSA) is 22.1 Å². The zero-order chi connectivity index (χ0) is 11.5. The van der Waals surface area contributed by atoms with Gasteiger partial charge in [-0.15, -0.1) is 0 Å². The molecule has 1 rings (SSSR count). The third-order valence-corrected chi connectivity index (χ3v) is 7.52. The van der Waals surface area contributed by atoms with Gasteiger partial charge in [0.05, 0.1) is 12.3 Å². The Balaban J connectivity index is 2.58. The van der Waals surface area contributed by atoms with Crippen molar-refractivity contribution < 1.29 is 4.43 Å². The molecule has 0 aliphatic rings. The molecular formula is C12H20NOSi. The van der Waals surface area contributed by atoms with Crippen LogP contribution >= 0.6 is 0 Å². The van der Waals surface area contributed by atoms with Gasteiger partial charge in [-0.3, -0.25) is 4.98 Å². The molecule has 0 spiro atoms. The van der Waals surface area contributed by atoms with Crippen molar-refractivity contribution in [2.24, 2.45) is 0 Å². The van der Waals surface area contributed by atoms with Crippen LogP contribution in [0.25, 0.3) is 0 Å². The fourth-order valence-corrected chi connectivity index (χ4v) is 1.83. The molecule has 1 radical (unpaired) electrons. The Hall–Kier alpha value is -0.673. The molecule has 1 aromatic rings. The normalized spacial score (nSPS) is 12.9. The third kappa shape index (κ3) is 3.43. The van der Waals surface area contributed by atoms with E-state index in [1.165, 1.54) is 0 Å². The monoisotopic (exact) mass is 222 g/mol. The molecule has 2 nitrogen and oxygen atoms in total. The Morgan fingerprint density at radius 3 is 2.53 bits per heavy atom. The Morgan fingerprint density at radius 2 is 2.07 bits per heavy atom. The maximum absolute atomic E-state index is 6.03. The molecule has 0 bridgehead atoms. The van der Waals surface area contributed by atoms with Gasteiger partial charge in [-0.2, -0.15) is 0 Å².